The van der Waals surface area contributed by atoms with Crippen LogP contribution in [0.25, 0.3) is 0 Å². The van der Waals surface area contributed by atoms with Gasteiger partial charge < -0.3 is 43.7 Å². The van der Waals surface area contributed by atoms with Crippen LogP contribution in [-0.2, 0) is 14.3 Å². The standard InChI is InChI=1S/C30H48O4.C20H18O6/c1-25(2)14-15-30(24(33)34)19(16-25)18-8-9-21-27(5)12-11-22(31)26(3,4)20(27)10-13-28(21,6)29(18,7)17-23(30)32;1-3-15-17(25-9-23-15)5-11(1)19-13-7-22-20(14(13)8-21-19)12-2-4-16-18(6-12)26-10-24-16/h8,19-23,31-32H,9-17H2,1-7H3,(H,33,34);1-6,13-14,19-20H,7-10H2. The van der Waals surface area contributed by atoms with Crippen molar-refractivity contribution in [1.29, 1.82) is 0 Å². The Morgan fingerprint density at radius 3 is 1.83 bits per heavy atom. The molecule has 2 aromatic rings. The van der Waals surface area contributed by atoms with E-state index >= 15 is 0 Å². The molecule has 6 fully saturated rings. The molecule has 2 aromatic carbocycles. The third-order valence-electron chi connectivity index (χ3n) is 18.8. The predicted molar refractivity (Wildman–Crippen MR) is 224 cm³/mol. The van der Waals surface area contributed by atoms with Crippen molar-refractivity contribution >= 4 is 5.97 Å². The van der Waals surface area contributed by atoms with E-state index in [9.17, 15) is 20.1 Å². The van der Waals surface area contributed by atoms with Crippen molar-refractivity contribution < 1.29 is 48.5 Å². The normalized spacial score (nSPS) is 43.5. The van der Waals surface area contributed by atoms with Gasteiger partial charge in [-0.25, -0.2) is 0 Å². The summed E-state index contributed by atoms with van der Waals surface area (Å²) in [5, 5.41) is 33.1. The first-order chi connectivity index (χ1) is 28.4. The fourth-order valence-corrected chi connectivity index (χ4v) is 15.1. The fraction of sp³-hybridized carbons (Fsp3) is 0.700. The monoisotopic (exact) mass is 826 g/mol. The minimum atomic E-state index is -1.04. The highest BCUT2D eigenvalue weighted by Gasteiger charge is 2.71. The summed E-state index contributed by atoms with van der Waals surface area (Å²) in [5.41, 5.74) is 2.54. The number of carboxylic acid groups (broad SMARTS) is 1. The van der Waals surface area contributed by atoms with Gasteiger partial charge >= 0.3 is 5.97 Å². The average molecular weight is 827 g/mol. The van der Waals surface area contributed by atoms with Crippen molar-refractivity contribution in [2.75, 3.05) is 26.8 Å². The minimum absolute atomic E-state index is 0.0218. The first-order valence-corrected chi connectivity index (χ1v) is 22.8. The number of carboxylic acids is 1. The van der Waals surface area contributed by atoms with E-state index in [1.54, 1.807) is 0 Å². The lowest BCUT2D eigenvalue weighted by molar-refractivity contribution is -0.218. The third-order valence-corrected chi connectivity index (χ3v) is 18.8. The molecule has 0 amide bonds. The second kappa shape index (κ2) is 13.8. The maximum absolute atomic E-state index is 12.8. The highest BCUT2D eigenvalue weighted by Crippen LogP contribution is 2.75. The van der Waals surface area contributed by atoms with Gasteiger partial charge in [0.15, 0.2) is 23.0 Å². The van der Waals surface area contributed by atoms with E-state index in [4.69, 9.17) is 28.4 Å². The Labute approximate surface area is 355 Å². The second-order valence-electron chi connectivity index (χ2n) is 22.2. The minimum Gasteiger partial charge on any atom is -0.481 e. The Bertz CT molecular complexity index is 2000. The summed E-state index contributed by atoms with van der Waals surface area (Å²) in [4.78, 5) is 12.8. The Kier molecular flexibility index (Phi) is 9.40. The zero-order valence-corrected chi connectivity index (χ0v) is 36.6. The highest BCUT2D eigenvalue weighted by atomic mass is 16.7. The van der Waals surface area contributed by atoms with Gasteiger partial charge in [-0.1, -0.05) is 72.2 Å². The van der Waals surface area contributed by atoms with Crippen LogP contribution in [0.4, 0.5) is 0 Å². The number of hydrogen-bond donors (Lipinski definition) is 3. The number of aliphatic hydroxyl groups is 2. The summed E-state index contributed by atoms with van der Waals surface area (Å²) < 4.78 is 34.2. The van der Waals surface area contributed by atoms with Crippen molar-refractivity contribution in [2.24, 2.45) is 62.1 Å². The molecule has 4 heterocycles. The highest BCUT2D eigenvalue weighted by molar-refractivity contribution is 5.77. The van der Waals surface area contributed by atoms with E-state index in [-0.39, 0.29) is 64.9 Å². The quantitative estimate of drug-likeness (QED) is 0.257. The number of fused-ring (bicyclic) bond motifs is 10. The van der Waals surface area contributed by atoms with E-state index in [1.165, 1.54) is 5.57 Å². The van der Waals surface area contributed by atoms with Gasteiger partial charge in [0.25, 0.3) is 0 Å². The predicted octanol–water partition coefficient (Wildman–Crippen LogP) is 9.42. The Morgan fingerprint density at radius 1 is 0.667 bits per heavy atom. The Hall–Kier alpha value is -3.31. The van der Waals surface area contributed by atoms with Gasteiger partial charge in [0.1, 0.15) is 5.41 Å². The average Bonchev–Trinajstić information content (AvgIpc) is 4.02. The molecule has 10 heteroatoms. The number of ether oxygens (including phenoxy) is 6. The maximum Gasteiger partial charge on any atom is 0.312 e. The van der Waals surface area contributed by atoms with E-state index in [0.29, 0.717) is 49.7 Å². The van der Waals surface area contributed by atoms with Gasteiger partial charge in [0, 0.05) is 11.8 Å². The molecule has 4 aliphatic heterocycles. The second-order valence-corrected chi connectivity index (χ2v) is 22.2. The van der Waals surface area contributed by atoms with E-state index in [2.05, 4.69) is 66.7 Å². The Morgan fingerprint density at radius 2 is 1.25 bits per heavy atom. The SMILES string of the molecule is CC1(C)CCC2(C(=O)O)C(O)CC3(C)C(=CCC4C5(C)CCC(O)C(C)(C)C5CCC43C)C2C1.c1cc2c(cc1C1OCC3C(c4ccc5c(c4)OCO5)OCC13)OCO2. The van der Waals surface area contributed by atoms with Gasteiger partial charge in [0.05, 0.1) is 37.6 Å². The molecule has 0 aromatic heterocycles. The molecule has 13 atom stereocenters. The van der Waals surface area contributed by atoms with E-state index in [1.807, 2.05) is 24.3 Å². The van der Waals surface area contributed by atoms with Crippen molar-refractivity contribution in [3.8, 4) is 23.0 Å². The van der Waals surface area contributed by atoms with Crippen LogP contribution < -0.4 is 18.9 Å². The summed E-state index contributed by atoms with van der Waals surface area (Å²) in [7, 11) is 0. The smallest absolute Gasteiger partial charge is 0.312 e. The molecule has 326 valence electrons. The molecule has 0 spiro atoms. The molecular weight excluding hydrogens is 761 g/mol. The molecule has 60 heavy (non-hydrogen) atoms. The molecule has 9 aliphatic rings. The van der Waals surface area contributed by atoms with Crippen LogP contribution in [0.1, 0.15) is 130 Å². The molecule has 13 unspecified atom stereocenters. The zero-order valence-electron chi connectivity index (χ0n) is 36.6. The molecule has 4 saturated carbocycles. The fourth-order valence-electron chi connectivity index (χ4n) is 15.1. The van der Waals surface area contributed by atoms with Crippen LogP contribution in [0.15, 0.2) is 48.0 Å². The largest absolute Gasteiger partial charge is 0.481 e. The van der Waals surface area contributed by atoms with Crippen LogP contribution in [0.2, 0.25) is 0 Å². The number of allylic oxidation sites excluding steroid dienone is 2. The number of hydrogen-bond acceptors (Lipinski definition) is 9. The first kappa shape index (κ1) is 40.7. The van der Waals surface area contributed by atoms with Gasteiger partial charge in [-0.2, -0.15) is 0 Å². The molecule has 2 saturated heterocycles. The molecular formula is C50H66O10. The number of carbonyl (C=O) groups is 1. The lowest BCUT2D eigenvalue weighted by atomic mass is 9.33. The van der Waals surface area contributed by atoms with Gasteiger partial charge in [-0.3, -0.25) is 4.79 Å². The molecule has 10 nitrogen and oxygen atoms in total. The van der Waals surface area contributed by atoms with Crippen LogP contribution in [0.5, 0.6) is 23.0 Å². The summed E-state index contributed by atoms with van der Waals surface area (Å²) in [6.45, 7) is 18.3. The van der Waals surface area contributed by atoms with Crippen molar-refractivity contribution in [3.05, 3.63) is 59.2 Å². The lowest BCUT2D eigenvalue weighted by Gasteiger charge is -2.71. The Balaban J connectivity index is 0.000000149. The molecule has 5 aliphatic carbocycles. The summed E-state index contributed by atoms with van der Waals surface area (Å²) in [6.07, 6.45) is 9.39. The van der Waals surface area contributed by atoms with Crippen LogP contribution >= 0.6 is 0 Å². The molecule has 0 radical (unpaired) electrons. The van der Waals surface area contributed by atoms with Crippen molar-refractivity contribution in [2.45, 2.75) is 131 Å². The van der Waals surface area contributed by atoms with Gasteiger partial charge in [-0.15, -0.1) is 0 Å². The van der Waals surface area contributed by atoms with Gasteiger partial charge in [-0.05, 0) is 138 Å². The van der Waals surface area contributed by atoms with E-state index < -0.39 is 17.5 Å². The number of benzene rings is 2. The number of aliphatic carboxylic acids is 1. The van der Waals surface area contributed by atoms with Gasteiger partial charge in [0.2, 0.25) is 13.6 Å². The summed E-state index contributed by atoms with van der Waals surface area (Å²) in [5.74, 6) is 3.91. The summed E-state index contributed by atoms with van der Waals surface area (Å²) >= 11 is 0. The molecule has 0 bridgehead atoms. The zero-order chi connectivity index (χ0) is 42.2. The third kappa shape index (κ3) is 5.74. The lowest BCUT2D eigenvalue weighted by Crippen LogP contribution is -2.67. The van der Waals surface area contributed by atoms with Crippen molar-refractivity contribution in [3.63, 3.8) is 0 Å². The van der Waals surface area contributed by atoms with Crippen LogP contribution in [0.3, 0.4) is 0 Å². The van der Waals surface area contributed by atoms with Crippen LogP contribution in [-0.4, -0.2) is 60.3 Å². The number of aliphatic hydroxyl groups excluding tert-OH is 2. The maximum atomic E-state index is 12.8. The van der Waals surface area contributed by atoms with Crippen molar-refractivity contribution in [1.82, 2.24) is 0 Å². The molecule has 11 rings (SSSR count). The van der Waals surface area contributed by atoms with Crippen LogP contribution in [0, 0.1) is 62.1 Å². The first-order valence-electron chi connectivity index (χ1n) is 22.8. The number of rotatable bonds is 3. The summed E-state index contributed by atoms with van der Waals surface area (Å²) in [6, 6.07) is 12.1. The molecule has 3 N–H and O–H groups in total. The van der Waals surface area contributed by atoms with E-state index in [0.717, 1.165) is 79.1 Å². The topological polar surface area (TPSA) is 133 Å².